The van der Waals surface area contributed by atoms with Gasteiger partial charge in [0.25, 0.3) is 0 Å². The van der Waals surface area contributed by atoms with E-state index in [1.54, 1.807) is 48.5 Å². The molecule has 0 bridgehead atoms. The first-order valence-electron chi connectivity index (χ1n) is 17.5. The number of ether oxygens (including phenoxy) is 3. The summed E-state index contributed by atoms with van der Waals surface area (Å²) < 4.78 is 16.6. The van der Waals surface area contributed by atoms with E-state index < -0.39 is 65.3 Å². The van der Waals surface area contributed by atoms with Gasteiger partial charge in [-0.3, -0.25) is 14.4 Å². The lowest BCUT2D eigenvalue weighted by atomic mass is 9.98. The van der Waals surface area contributed by atoms with Gasteiger partial charge in [0.2, 0.25) is 11.8 Å². The molecule has 2 aromatic carbocycles. The van der Waals surface area contributed by atoms with Crippen LogP contribution in [0.15, 0.2) is 48.5 Å². The highest BCUT2D eigenvalue weighted by Gasteiger charge is 2.35. The zero-order valence-electron chi connectivity index (χ0n) is 32.0. The first kappa shape index (κ1) is 42.3. The second-order valence-corrected chi connectivity index (χ2v) is 17.7. The number of alkyl carbamates (subject to hydrolysis) is 1. The van der Waals surface area contributed by atoms with Gasteiger partial charge in [-0.05, 0) is 77.1 Å². The molecule has 0 heterocycles. The average Bonchev–Trinajstić information content (AvgIpc) is 3.33. The minimum absolute atomic E-state index is 0.00108. The number of thioether (sulfide) groups is 1. The van der Waals surface area contributed by atoms with E-state index in [9.17, 15) is 29.1 Å². The largest absolute Gasteiger partial charge is 0.480 e. The second kappa shape index (κ2) is 17.6. The minimum atomic E-state index is -1.41. The number of carbonyl (C=O) groups is 5. The molecule has 0 radical (unpaired) electrons. The third-order valence-corrected chi connectivity index (χ3v) is 9.26. The third-order valence-electron chi connectivity index (χ3n) is 7.90. The maximum atomic E-state index is 13.9. The molecule has 0 saturated heterocycles. The van der Waals surface area contributed by atoms with Crippen LogP contribution in [-0.4, -0.2) is 87.5 Å². The van der Waals surface area contributed by atoms with Gasteiger partial charge in [-0.25, -0.2) is 9.59 Å². The van der Waals surface area contributed by atoms with Crippen molar-refractivity contribution in [3.8, 4) is 11.1 Å². The number of hydrogen-bond donors (Lipinski definition) is 4. The minimum Gasteiger partial charge on any atom is -0.480 e. The lowest BCUT2D eigenvalue weighted by Gasteiger charge is -2.31. The molecule has 12 nitrogen and oxygen atoms in total. The Morgan fingerprint density at radius 3 is 1.81 bits per heavy atom. The number of benzene rings is 2. The molecular formula is C39H55N3O9S. The average molecular weight is 742 g/mol. The van der Waals surface area contributed by atoms with Crippen molar-refractivity contribution < 1.29 is 43.3 Å². The molecule has 4 atom stereocenters. The Hall–Kier alpha value is -4.10. The number of carboxylic acids is 1. The fourth-order valence-corrected chi connectivity index (χ4v) is 6.66. The standard InChI is InChI=1S/C39H55N3O9S/c1-23(50-37(2,3)4)32(35(46)47)42-34(45)30(22-52-39(8,9)10)40-33(44)29(19-20-31(43)51-38(5,6)7)41-36(48)49-21-28-26-17-13-11-15-24(26)25-16-12-14-18-27(25)28/h11-18,23,28-30,32H,19-22H2,1-10H3,(H,40,44)(H,41,48)(H,42,45)(H,46,47). The van der Waals surface area contributed by atoms with Crippen LogP contribution in [0.25, 0.3) is 11.1 Å². The van der Waals surface area contributed by atoms with E-state index >= 15 is 0 Å². The van der Waals surface area contributed by atoms with Crippen LogP contribution in [0, 0.1) is 0 Å². The molecule has 0 aromatic heterocycles. The van der Waals surface area contributed by atoms with E-state index in [2.05, 4.69) is 16.0 Å². The van der Waals surface area contributed by atoms with Gasteiger partial charge in [-0.15, -0.1) is 0 Å². The van der Waals surface area contributed by atoms with Gasteiger partial charge in [-0.1, -0.05) is 69.3 Å². The summed E-state index contributed by atoms with van der Waals surface area (Å²) in [7, 11) is 0. The van der Waals surface area contributed by atoms with Crippen LogP contribution in [0.3, 0.4) is 0 Å². The maximum Gasteiger partial charge on any atom is 0.407 e. The fraction of sp³-hybridized carbons (Fsp3) is 0.564. The summed E-state index contributed by atoms with van der Waals surface area (Å²) in [4.78, 5) is 65.7. The van der Waals surface area contributed by atoms with Gasteiger partial charge in [0.15, 0.2) is 6.04 Å². The number of esters is 1. The summed E-state index contributed by atoms with van der Waals surface area (Å²) in [6.45, 7) is 17.8. The highest BCUT2D eigenvalue weighted by Crippen LogP contribution is 2.44. The van der Waals surface area contributed by atoms with E-state index in [-0.39, 0.29) is 35.9 Å². The van der Waals surface area contributed by atoms with Crippen molar-refractivity contribution in [1.82, 2.24) is 16.0 Å². The molecule has 3 amide bonds. The first-order valence-corrected chi connectivity index (χ1v) is 18.5. The second-order valence-electron chi connectivity index (χ2n) is 15.9. The van der Waals surface area contributed by atoms with Crippen LogP contribution in [0.5, 0.6) is 0 Å². The predicted molar refractivity (Wildman–Crippen MR) is 201 cm³/mol. The zero-order valence-corrected chi connectivity index (χ0v) is 32.8. The van der Waals surface area contributed by atoms with Crippen molar-refractivity contribution in [2.45, 2.75) is 128 Å². The van der Waals surface area contributed by atoms with Crippen LogP contribution >= 0.6 is 11.8 Å². The van der Waals surface area contributed by atoms with Crippen molar-refractivity contribution in [1.29, 1.82) is 0 Å². The van der Waals surface area contributed by atoms with Crippen LogP contribution < -0.4 is 16.0 Å². The van der Waals surface area contributed by atoms with Gasteiger partial charge in [-0.2, -0.15) is 11.8 Å². The summed E-state index contributed by atoms with van der Waals surface area (Å²) in [6, 6.07) is 11.9. The number of rotatable bonds is 15. The number of carboxylic acid groups (broad SMARTS) is 1. The molecule has 0 aliphatic heterocycles. The van der Waals surface area contributed by atoms with E-state index in [4.69, 9.17) is 14.2 Å². The predicted octanol–water partition coefficient (Wildman–Crippen LogP) is 5.81. The van der Waals surface area contributed by atoms with E-state index in [1.165, 1.54) is 11.8 Å². The summed E-state index contributed by atoms with van der Waals surface area (Å²) >= 11 is 1.39. The Balaban J connectivity index is 1.81. The van der Waals surface area contributed by atoms with Crippen molar-refractivity contribution in [3.05, 3.63) is 59.7 Å². The lowest BCUT2D eigenvalue weighted by molar-refractivity contribution is -0.155. The lowest BCUT2D eigenvalue weighted by Crippen LogP contribution is -2.59. The van der Waals surface area contributed by atoms with Crippen LogP contribution in [0.2, 0.25) is 0 Å². The van der Waals surface area contributed by atoms with Crippen LogP contribution in [0.1, 0.15) is 99.1 Å². The molecule has 4 unspecified atom stereocenters. The number of fused-ring (bicyclic) bond motifs is 3. The molecule has 1 aliphatic carbocycles. The number of carbonyl (C=O) groups excluding carboxylic acids is 4. The normalized spacial score (nSPS) is 15.3. The van der Waals surface area contributed by atoms with E-state index in [1.807, 2.05) is 69.3 Å². The molecule has 52 heavy (non-hydrogen) atoms. The Labute approximate surface area is 311 Å². The molecule has 0 spiro atoms. The third kappa shape index (κ3) is 13.1. The highest BCUT2D eigenvalue weighted by atomic mass is 32.2. The smallest absolute Gasteiger partial charge is 0.407 e. The molecule has 3 rings (SSSR count). The van der Waals surface area contributed by atoms with E-state index in [0.717, 1.165) is 22.3 Å². The van der Waals surface area contributed by atoms with Gasteiger partial charge < -0.3 is 35.3 Å². The summed E-state index contributed by atoms with van der Waals surface area (Å²) in [5.41, 5.74) is 2.70. The van der Waals surface area contributed by atoms with Gasteiger partial charge >= 0.3 is 18.0 Å². The van der Waals surface area contributed by atoms with Gasteiger partial charge in [0, 0.05) is 22.8 Å². The SMILES string of the molecule is CC(OC(C)(C)C)C(NC(=O)C(CSC(C)(C)C)NC(=O)C(CCC(=O)OC(C)(C)C)NC(=O)OCC1c2ccccc2-c2ccccc21)C(=O)O. The molecule has 1 aliphatic rings. The van der Waals surface area contributed by atoms with E-state index in [0.29, 0.717) is 0 Å². The Morgan fingerprint density at radius 2 is 1.31 bits per heavy atom. The Kier molecular flexibility index (Phi) is 14.3. The zero-order chi connectivity index (χ0) is 39.0. The maximum absolute atomic E-state index is 13.9. The monoisotopic (exact) mass is 741 g/mol. The number of amides is 3. The number of aliphatic carboxylic acids is 1. The fourth-order valence-electron chi connectivity index (χ4n) is 5.75. The Bertz CT molecular complexity index is 1550. The van der Waals surface area contributed by atoms with Crippen LogP contribution in [-0.2, 0) is 33.4 Å². The number of nitrogens with one attached hydrogen (secondary N) is 3. The molecule has 4 N–H and O–H groups in total. The van der Waals surface area contributed by atoms with Crippen molar-refractivity contribution >= 4 is 41.6 Å². The molecule has 2 aromatic rings. The quantitative estimate of drug-likeness (QED) is 0.164. The topological polar surface area (TPSA) is 169 Å². The summed E-state index contributed by atoms with van der Waals surface area (Å²) in [5.74, 6) is -3.50. The first-order chi connectivity index (χ1) is 24.0. The van der Waals surface area contributed by atoms with Crippen molar-refractivity contribution in [2.24, 2.45) is 0 Å². The molecular weight excluding hydrogens is 687 g/mol. The van der Waals surface area contributed by atoms with Crippen LogP contribution in [0.4, 0.5) is 4.79 Å². The van der Waals surface area contributed by atoms with Gasteiger partial charge in [0.1, 0.15) is 24.3 Å². The molecule has 0 saturated carbocycles. The molecule has 286 valence electrons. The number of hydrogen-bond acceptors (Lipinski definition) is 9. The molecule has 13 heteroatoms. The molecule has 0 fully saturated rings. The van der Waals surface area contributed by atoms with Gasteiger partial charge in [0.05, 0.1) is 11.7 Å². The van der Waals surface area contributed by atoms with Crippen molar-refractivity contribution in [2.75, 3.05) is 12.4 Å². The summed E-state index contributed by atoms with van der Waals surface area (Å²) in [6.07, 6.45) is -2.14. The summed E-state index contributed by atoms with van der Waals surface area (Å²) in [5, 5.41) is 17.8. The Morgan fingerprint density at radius 1 is 0.769 bits per heavy atom. The van der Waals surface area contributed by atoms with Crippen molar-refractivity contribution in [3.63, 3.8) is 0 Å². The highest BCUT2D eigenvalue weighted by molar-refractivity contribution is 8.00.